The third-order valence-electron chi connectivity index (χ3n) is 1.18. The fraction of sp³-hybridized carbons (Fsp3) is 0.143. The van der Waals surface area contributed by atoms with Gasteiger partial charge in [-0.3, -0.25) is 0 Å². The van der Waals surface area contributed by atoms with Crippen molar-refractivity contribution in [1.29, 1.82) is 0 Å². The van der Waals surface area contributed by atoms with Crippen molar-refractivity contribution in [2.45, 2.75) is 3.49 Å². The molecule has 0 aliphatic rings. The molecule has 0 atom stereocenters. The summed E-state index contributed by atoms with van der Waals surface area (Å²) < 4.78 is 23.8. The fourth-order valence-corrected chi connectivity index (χ4v) is 1.33. The minimum Gasteiger partial charge on any atom is -0.213 e. The molecule has 0 fully saturated rings. The van der Waals surface area contributed by atoms with Crippen molar-refractivity contribution in [1.82, 2.24) is 0 Å². The predicted octanol–water partition coefficient (Wildman–Crippen LogP) is 3.70. The summed E-state index contributed by atoms with van der Waals surface area (Å²) in [7, 11) is 0. The first-order valence-electron chi connectivity index (χ1n) is 2.83. The van der Waals surface area contributed by atoms with Crippen LogP contribution in [0.2, 0.25) is 0 Å². The fourth-order valence-electron chi connectivity index (χ4n) is 0.691. The average molecular weight is 286 g/mol. The summed E-state index contributed by atoms with van der Waals surface area (Å²) >= 11 is 5.29. The zero-order chi connectivity index (χ0) is 8.48. The molecule has 0 amide bonds. The van der Waals surface area contributed by atoms with E-state index in [1.54, 1.807) is 6.07 Å². The Morgan fingerprint density at radius 2 is 1.73 bits per heavy atom. The Hall–Kier alpha value is 0.0400. The Balaban J connectivity index is 3.14. The Morgan fingerprint density at radius 1 is 1.18 bits per heavy atom. The molecule has 0 heterocycles. The van der Waals surface area contributed by atoms with Crippen molar-refractivity contribution in [2.75, 3.05) is 0 Å². The van der Waals surface area contributed by atoms with Crippen LogP contribution in [0.25, 0.3) is 0 Å². The molecule has 4 heteroatoms. The maximum Gasteiger partial charge on any atom is 0.246 e. The lowest BCUT2D eigenvalue weighted by molar-refractivity contribution is 0.427. The van der Waals surface area contributed by atoms with Crippen LogP contribution in [0.3, 0.4) is 0 Å². The molecule has 0 N–H and O–H groups in total. The molecule has 1 aromatic carbocycles. The SMILES string of the molecule is Fc1ccccc1C(F)(Br)Br. The summed E-state index contributed by atoms with van der Waals surface area (Å²) in [6, 6.07) is 5.63. The van der Waals surface area contributed by atoms with E-state index in [0.29, 0.717) is 0 Å². The van der Waals surface area contributed by atoms with E-state index in [-0.39, 0.29) is 5.56 Å². The van der Waals surface area contributed by atoms with Crippen LogP contribution >= 0.6 is 31.9 Å². The van der Waals surface area contributed by atoms with Gasteiger partial charge in [-0.05, 0) is 37.9 Å². The van der Waals surface area contributed by atoms with Gasteiger partial charge in [-0.1, -0.05) is 18.2 Å². The van der Waals surface area contributed by atoms with Crippen LogP contribution in [0, 0.1) is 5.82 Å². The monoisotopic (exact) mass is 284 g/mol. The molecular weight excluding hydrogens is 282 g/mol. The third kappa shape index (κ3) is 2.24. The van der Waals surface area contributed by atoms with Gasteiger partial charge in [0.2, 0.25) is 3.49 Å². The van der Waals surface area contributed by atoms with Crippen molar-refractivity contribution in [3.8, 4) is 0 Å². The van der Waals surface area contributed by atoms with Gasteiger partial charge in [-0.25, -0.2) is 8.78 Å². The zero-order valence-corrected chi connectivity index (χ0v) is 8.49. The molecule has 1 aromatic rings. The summed E-state index contributed by atoms with van der Waals surface area (Å²) in [6.45, 7) is 0. The van der Waals surface area contributed by atoms with E-state index in [1.165, 1.54) is 18.2 Å². The molecule has 0 bridgehead atoms. The second-order valence-electron chi connectivity index (χ2n) is 1.98. The zero-order valence-electron chi connectivity index (χ0n) is 5.32. The number of hydrogen-bond donors (Lipinski definition) is 0. The molecule has 0 aromatic heterocycles. The van der Waals surface area contributed by atoms with Crippen LogP contribution in [0.15, 0.2) is 24.3 Å². The smallest absolute Gasteiger partial charge is 0.213 e. The van der Waals surface area contributed by atoms with Gasteiger partial charge in [-0.15, -0.1) is 0 Å². The van der Waals surface area contributed by atoms with E-state index >= 15 is 0 Å². The van der Waals surface area contributed by atoms with Crippen molar-refractivity contribution in [2.24, 2.45) is 0 Å². The lowest BCUT2D eigenvalue weighted by Crippen LogP contribution is -2.02. The number of hydrogen-bond acceptors (Lipinski definition) is 0. The largest absolute Gasteiger partial charge is 0.246 e. The normalized spacial score (nSPS) is 11.6. The minimum absolute atomic E-state index is 0.0556. The highest BCUT2D eigenvalue weighted by atomic mass is 79.9. The lowest BCUT2D eigenvalue weighted by atomic mass is 10.2. The van der Waals surface area contributed by atoms with Crippen molar-refractivity contribution < 1.29 is 8.78 Å². The van der Waals surface area contributed by atoms with Gasteiger partial charge in [0.15, 0.2) is 0 Å². The van der Waals surface area contributed by atoms with E-state index in [1.807, 2.05) is 0 Å². The molecule has 0 aliphatic carbocycles. The molecule has 1 rings (SSSR count). The summed E-state index contributed by atoms with van der Waals surface area (Å²) in [6.07, 6.45) is 0. The second kappa shape index (κ2) is 3.19. The van der Waals surface area contributed by atoms with Crippen molar-refractivity contribution in [3.05, 3.63) is 35.6 Å². The highest BCUT2D eigenvalue weighted by Crippen LogP contribution is 2.40. The van der Waals surface area contributed by atoms with Gasteiger partial charge in [0.25, 0.3) is 0 Å². The Kier molecular flexibility index (Phi) is 2.65. The molecule has 0 saturated carbocycles. The molecule has 0 unspecified atom stereocenters. The molecule has 60 valence electrons. The van der Waals surface area contributed by atoms with Crippen LogP contribution in [0.5, 0.6) is 0 Å². The van der Waals surface area contributed by atoms with Crippen LogP contribution < -0.4 is 0 Å². The van der Waals surface area contributed by atoms with Gasteiger partial charge in [-0.2, -0.15) is 0 Å². The van der Waals surface area contributed by atoms with Gasteiger partial charge in [0, 0.05) is 5.56 Å². The first-order valence-corrected chi connectivity index (χ1v) is 4.42. The molecule has 0 nitrogen and oxygen atoms in total. The number of rotatable bonds is 1. The van der Waals surface area contributed by atoms with Crippen molar-refractivity contribution in [3.63, 3.8) is 0 Å². The lowest BCUT2D eigenvalue weighted by Gasteiger charge is -2.10. The van der Waals surface area contributed by atoms with Gasteiger partial charge in [0.05, 0.1) is 0 Å². The maximum absolute atomic E-state index is 13.0. The molecule has 11 heavy (non-hydrogen) atoms. The van der Waals surface area contributed by atoms with E-state index in [9.17, 15) is 8.78 Å². The second-order valence-corrected chi connectivity index (χ2v) is 5.23. The first kappa shape index (κ1) is 9.13. The Labute approximate surface area is 79.9 Å². The standard InChI is InChI=1S/C7H4Br2F2/c8-7(9,11)5-3-1-2-4-6(5)10/h1-4H. The Morgan fingerprint density at radius 3 is 2.09 bits per heavy atom. The van der Waals surface area contributed by atoms with Gasteiger partial charge >= 0.3 is 0 Å². The predicted molar refractivity (Wildman–Crippen MR) is 47.0 cm³/mol. The molecule has 0 aliphatic heterocycles. The van der Waals surface area contributed by atoms with E-state index in [2.05, 4.69) is 31.9 Å². The van der Waals surface area contributed by atoms with Crippen LogP contribution in [0.4, 0.5) is 8.78 Å². The quantitative estimate of drug-likeness (QED) is 0.690. The maximum atomic E-state index is 13.0. The van der Waals surface area contributed by atoms with Crippen molar-refractivity contribution >= 4 is 31.9 Å². The average Bonchev–Trinajstić information content (AvgIpc) is 1.86. The van der Waals surface area contributed by atoms with Gasteiger partial charge in [0.1, 0.15) is 5.82 Å². The van der Waals surface area contributed by atoms with Crippen LogP contribution in [0.1, 0.15) is 5.56 Å². The highest BCUT2D eigenvalue weighted by molar-refractivity contribution is 9.24. The van der Waals surface area contributed by atoms with Crippen LogP contribution in [-0.4, -0.2) is 0 Å². The summed E-state index contributed by atoms with van der Waals surface area (Å²) in [5.74, 6) is -0.580. The van der Waals surface area contributed by atoms with Crippen LogP contribution in [-0.2, 0) is 3.49 Å². The molecule has 0 saturated heterocycles. The van der Waals surface area contributed by atoms with E-state index in [4.69, 9.17) is 0 Å². The number of alkyl halides is 3. The summed E-state index contributed by atoms with van der Waals surface area (Å²) in [5.41, 5.74) is -0.0556. The Bertz CT molecular complexity index is 255. The summed E-state index contributed by atoms with van der Waals surface area (Å²) in [5, 5.41) is 0. The first-order chi connectivity index (χ1) is 5.02. The van der Waals surface area contributed by atoms with E-state index in [0.717, 1.165) is 0 Å². The highest BCUT2D eigenvalue weighted by Gasteiger charge is 2.26. The van der Waals surface area contributed by atoms with Gasteiger partial charge < -0.3 is 0 Å². The third-order valence-corrected chi connectivity index (χ3v) is 2.03. The summed E-state index contributed by atoms with van der Waals surface area (Å²) in [4.78, 5) is 0. The van der Waals surface area contributed by atoms with E-state index < -0.39 is 9.30 Å². The molecule has 0 spiro atoms. The minimum atomic E-state index is -1.97. The number of benzene rings is 1. The molecular formula is C7H4Br2F2. The molecule has 0 radical (unpaired) electrons. The topological polar surface area (TPSA) is 0 Å². The number of halogens is 4.